The second-order valence-corrected chi connectivity index (χ2v) is 5.20. The van der Waals surface area contributed by atoms with E-state index in [1.54, 1.807) is 13.0 Å². The second kappa shape index (κ2) is 5.12. The van der Waals surface area contributed by atoms with Gasteiger partial charge in [-0.1, -0.05) is 35.9 Å². The summed E-state index contributed by atoms with van der Waals surface area (Å²) in [5, 5.41) is 0. The lowest BCUT2D eigenvalue weighted by Gasteiger charge is -2.34. The quantitative estimate of drug-likeness (QED) is 0.777. The predicted molar refractivity (Wildman–Crippen MR) is 75.1 cm³/mol. The van der Waals surface area contributed by atoms with Crippen molar-refractivity contribution in [3.8, 4) is 0 Å². The van der Waals surface area contributed by atoms with Gasteiger partial charge in [0.1, 0.15) is 11.3 Å². The molecule has 0 heterocycles. The van der Waals surface area contributed by atoms with Crippen molar-refractivity contribution in [2.75, 3.05) is 14.2 Å². The van der Waals surface area contributed by atoms with Crippen molar-refractivity contribution >= 4 is 18.0 Å². The van der Waals surface area contributed by atoms with E-state index in [2.05, 4.69) is 0 Å². The van der Waals surface area contributed by atoms with Crippen molar-refractivity contribution in [2.24, 2.45) is 5.41 Å². The number of aryl methyl sites for hydroxylation is 1. The first-order valence-electron chi connectivity index (χ1n) is 6.40. The van der Waals surface area contributed by atoms with E-state index in [0.717, 1.165) is 16.7 Å². The lowest BCUT2D eigenvalue weighted by Crippen LogP contribution is -2.40. The highest BCUT2D eigenvalue weighted by Gasteiger charge is 2.48. The highest BCUT2D eigenvalue weighted by Crippen LogP contribution is 2.44. The molecule has 1 aliphatic rings. The van der Waals surface area contributed by atoms with Crippen molar-refractivity contribution < 1.29 is 19.1 Å². The van der Waals surface area contributed by atoms with E-state index in [-0.39, 0.29) is 0 Å². The average Bonchev–Trinajstić information content (AvgIpc) is 2.45. The molecule has 4 heteroatoms. The standard InChI is InChI=1S/C16H18O4/c1-10-5-6-12-11(9-10)7-8-16(2,15(18)20-4)13(12)14(17)19-3/h5-9,13H,1-4H3. The Morgan fingerprint density at radius 3 is 2.50 bits per heavy atom. The molecule has 0 saturated heterocycles. The number of esters is 2. The zero-order chi connectivity index (χ0) is 14.9. The molecule has 0 spiro atoms. The fourth-order valence-electron chi connectivity index (χ4n) is 2.68. The number of fused-ring (bicyclic) bond motifs is 1. The van der Waals surface area contributed by atoms with Gasteiger partial charge in [-0.05, 0) is 25.0 Å². The average molecular weight is 274 g/mol. The Balaban J connectivity index is 2.62. The summed E-state index contributed by atoms with van der Waals surface area (Å²) in [5.41, 5.74) is 1.77. The van der Waals surface area contributed by atoms with Crippen molar-refractivity contribution in [1.82, 2.24) is 0 Å². The molecule has 1 aromatic rings. The first-order valence-corrected chi connectivity index (χ1v) is 6.40. The normalized spacial score (nSPS) is 23.9. The SMILES string of the molecule is COC(=O)C1c2ccc(C)cc2C=CC1(C)C(=O)OC. The van der Waals surface area contributed by atoms with Gasteiger partial charge in [0.25, 0.3) is 0 Å². The molecule has 0 fully saturated rings. The maximum Gasteiger partial charge on any atom is 0.316 e. The van der Waals surface area contributed by atoms with Gasteiger partial charge in [0.2, 0.25) is 0 Å². The molecular weight excluding hydrogens is 256 g/mol. The molecule has 106 valence electrons. The number of ether oxygens (including phenoxy) is 2. The summed E-state index contributed by atoms with van der Waals surface area (Å²) in [6.45, 7) is 3.68. The predicted octanol–water partition coefficient (Wildman–Crippen LogP) is 2.46. The highest BCUT2D eigenvalue weighted by atomic mass is 16.5. The van der Waals surface area contributed by atoms with Gasteiger partial charge in [0.15, 0.2) is 0 Å². The number of carbonyl (C=O) groups excluding carboxylic acids is 2. The minimum absolute atomic E-state index is 0.438. The van der Waals surface area contributed by atoms with Gasteiger partial charge in [-0.25, -0.2) is 0 Å². The van der Waals surface area contributed by atoms with E-state index in [4.69, 9.17) is 9.47 Å². The highest BCUT2D eigenvalue weighted by molar-refractivity contribution is 5.93. The largest absolute Gasteiger partial charge is 0.469 e. The molecule has 0 N–H and O–H groups in total. The van der Waals surface area contributed by atoms with Crippen LogP contribution in [0.1, 0.15) is 29.5 Å². The molecule has 1 aromatic carbocycles. The van der Waals surface area contributed by atoms with Gasteiger partial charge in [0.05, 0.1) is 14.2 Å². The van der Waals surface area contributed by atoms with Crippen LogP contribution in [0.2, 0.25) is 0 Å². The van der Waals surface area contributed by atoms with Crippen LogP contribution in [0.4, 0.5) is 0 Å². The lowest BCUT2D eigenvalue weighted by molar-refractivity contribution is -0.158. The Bertz CT molecular complexity index is 588. The molecule has 0 radical (unpaired) electrons. The zero-order valence-electron chi connectivity index (χ0n) is 12.1. The Morgan fingerprint density at radius 2 is 1.90 bits per heavy atom. The molecule has 0 saturated carbocycles. The van der Waals surface area contributed by atoms with Crippen LogP contribution in [-0.4, -0.2) is 26.2 Å². The van der Waals surface area contributed by atoms with Crippen LogP contribution in [0.5, 0.6) is 0 Å². The summed E-state index contributed by atoms with van der Waals surface area (Å²) in [6, 6.07) is 5.78. The van der Waals surface area contributed by atoms with E-state index in [1.165, 1.54) is 14.2 Å². The summed E-state index contributed by atoms with van der Waals surface area (Å²) in [5.74, 6) is -1.58. The monoisotopic (exact) mass is 274 g/mol. The second-order valence-electron chi connectivity index (χ2n) is 5.20. The van der Waals surface area contributed by atoms with Gasteiger partial charge >= 0.3 is 11.9 Å². The molecule has 0 aliphatic heterocycles. The Hall–Kier alpha value is -2.10. The van der Waals surface area contributed by atoms with Crippen LogP contribution >= 0.6 is 0 Å². The first-order chi connectivity index (χ1) is 9.43. The van der Waals surface area contributed by atoms with Crippen molar-refractivity contribution in [3.05, 3.63) is 41.0 Å². The molecule has 0 aromatic heterocycles. The summed E-state index contributed by atoms with van der Waals surface area (Å²) < 4.78 is 9.74. The topological polar surface area (TPSA) is 52.6 Å². The van der Waals surface area contributed by atoms with Gasteiger partial charge in [0, 0.05) is 0 Å². The molecule has 0 bridgehead atoms. The maximum absolute atomic E-state index is 12.2. The summed E-state index contributed by atoms with van der Waals surface area (Å²) in [6.07, 6.45) is 3.58. The third-order valence-corrected chi connectivity index (χ3v) is 3.82. The van der Waals surface area contributed by atoms with Gasteiger partial charge in [-0.2, -0.15) is 0 Å². The minimum Gasteiger partial charge on any atom is -0.469 e. The van der Waals surface area contributed by atoms with Crippen LogP contribution in [0.25, 0.3) is 6.08 Å². The van der Waals surface area contributed by atoms with E-state index < -0.39 is 23.3 Å². The number of methoxy groups -OCH3 is 2. The first kappa shape index (κ1) is 14.3. The molecule has 0 amide bonds. The fraction of sp³-hybridized carbons (Fsp3) is 0.375. The Kier molecular flexibility index (Phi) is 3.66. The van der Waals surface area contributed by atoms with Gasteiger partial charge in [-0.15, -0.1) is 0 Å². The molecule has 4 nitrogen and oxygen atoms in total. The van der Waals surface area contributed by atoms with E-state index in [1.807, 2.05) is 31.2 Å². The lowest BCUT2D eigenvalue weighted by atomic mass is 9.68. The third kappa shape index (κ3) is 2.11. The van der Waals surface area contributed by atoms with Crippen molar-refractivity contribution in [3.63, 3.8) is 0 Å². The van der Waals surface area contributed by atoms with Crippen LogP contribution in [-0.2, 0) is 19.1 Å². The smallest absolute Gasteiger partial charge is 0.316 e. The third-order valence-electron chi connectivity index (χ3n) is 3.82. The van der Waals surface area contributed by atoms with Crippen LogP contribution in [0.3, 0.4) is 0 Å². The van der Waals surface area contributed by atoms with Crippen LogP contribution in [0.15, 0.2) is 24.3 Å². The number of carbonyl (C=O) groups is 2. The van der Waals surface area contributed by atoms with Crippen LogP contribution in [0, 0.1) is 12.3 Å². The van der Waals surface area contributed by atoms with E-state index >= 15 is 0 Å². The van der Waals surface area contributed by atoms with E-state index in [0.29, 0.717) is 0 Å². The molecule has 1 aliphatic carbocycles. The molecule has 2 atom stereocenters. The van der Waals surface area contributed by atoms with E-state index in [9.17, 15) is 9.59 Å². The zero-order valence-corrected chi connectivity index (χ0v) is 12.1. The number of benzene rings is 1. The summed E-state index contributed by atoms with van der Waals surface area (Å²) in [4.78, 5) is 24.3. The summed E-state index contributed by atoms with van der Waals surface area (Å²) >= 11 is 0. The Morgan fingerprint density at radius 1 is 1.20 bits per heavy atom. The molecule has 2 rings (SSSR count). The fourth-order valence-corrected chi connectivity index (χ4v) is 2.68. The molecule has 20 heavy (non-hydrogen) atoms. The molecular formula is C16H18O4. The number of hydrogen-bond donors (Lipinski definition) is 0. The van der Waals surface area contributed by atoms with Crippen molar-refractivity contribution in [2.45, 2.75) is 19.8 Å². The molecule has 2 unspecified atom stereocenters. The number of rotatable bonds is 2. The minimum atomic E-state index is -1.05. The Labute approximate surface area is 118 Å². The summed E-state index contributed by atoms with van der Waals surface area (Å²) in [7, 11) is 2.65. The van der Waals surface area contributed by atoms with Gasteiger partial charge < -0.3 is 9.47 Å². The van der Waals surface area contributed by atoms with Crippen LogP contribution < -0.4 is 0 Å². The van der Waals surface area contributed by atoms with Crippen molar-refractivity contribution in [1.29, 1.82) is 0 Å². The number of hydrogen-bond acceptors (Lipinski definition) is 4. The van der Waals surface area contributed by atoms with Gasteiger partial charge in [-0.3, -0.25) is 9.59 Å². The maximum atomic E-state index is 12.2.